The van der Waals surface area contributed by atoms with Gasteiger partial charge in [-0.3, -0.25) is 4.79 Å². The molecule has 1 fully saturated rings. The fraction of sp³-hybridized carbons (Fsp3) is 0.350. The van der Waals surface area contributed by atoms with Gasteiger partial charge in [-0.05, 0) is 61.6 Å². The second-order valence-corrected chi connectivity index (χ2v) is 6.63. The van der Waals surface area contributed by atoms with Crippen molar-refractivity contribution >= 4 is 17.5 Å². The van der Waals surface area contributed by atoms with Gasteiger partial charge in [0.25, 0.3) is 5.91 Å². The van der Waals surface area contributed by atoms with Gasteiger partial charge in [-0.1, -0.05) is 29.8 Å². The summed E-state index contributed by atoms with van der Waals surface area (Å²) in [6.45, 7) is 2.37. The molecule has 1 saturated heterocycles. The maximum atomic E-state index is 12.5. The molecule has 1 aliphatic rings. The van der Waals surface area contributed by atoms with E-state index >= 15 is 0 Å². The Morgan fingerprint density at radius 1 is 1.04 bits per heavy atom. The van der Waals surface area contributed by atoms with Crippen LogP contribution >= 0.6 is 11.6 Å². The molecule has 0 aliphatic carbocycles. The normalized spacial score (nSPS) is 15.3. The summed E-state index contributed by atoms with van der Waals surface area (Å²) in [5.41, 5.74) is 0.713. The van der Waals surface area contributed by atoms with Crippen LogP contribution in [-0.2, 0) is 0 Å². The molecule has 1 amide bonds. The molecule has 4 heteroatoms. The first kappa shape index (κ1) is 16.8. The first-order chi connectivity index (χ1) is 11.7. The molecule has 0 bridgehead atoms. The predicted molar refractivity (Wildman–Crippen MR) is 96.6 cm³/mol. The number of para-hydroxylation sites is 1. The maximum absolute atomic E-state index is 12.5. The highest BCUT2D eigenvalue weighted by molar-refractivity contribution is 6.30. The van der Waals surface area contributed by atoms with Gasteiger partial charge in [-0.15, -0.1) is 0 Å². The van der Waals surface area contributed by atoms with Crippen LogP contribution in [0, 0.1) is 5.92 Å². The van der Waals surface area contributed by atoms with E-state index in [1.807, 2.05) is 35.2 Å². The highest BCUT2D eigenvalue weighted by atomic mass is 35.5. The van der Waals surface area contributed by atoms with Crippen molar-refractivity contribution < 1.29 is 9.53 Å². The van der Waals surface area contributed by atoms with E-state index in [0.29, 0.717) is 16.5 Å². The molecule has 2 aromatic rings. The number of benzene rings is 2. The van der Waals surface area contributed by atoms with Crippen LogP contribution in [0.2, 0.25) is 5.02 Å². The highest BCUT2D eigenvalue weighted by Crippen LogP contribution is 2.23. The van der Waals surface area contributed by atoms with Crippen LogP contribution < -0.4 is 4.74 Å². The van der Waals surface area contributed by atoms with Gasteiger partial charge >= 0.3 is 0 Å². The average Bonchev–Trinajstić information content (AvgIpc) is 2.63. The summed E-state index contributed by atoms with van der Waals surface area (Å²) in [5.74, 6) is 1.65. The third kappa shape index (κ3) is 4.51. The van der Waals surface area contributed by atoms with Gasteiger partial charge in [0.1, 0.15) is 5.75 Å². The molecule has 0 N–H and O–H groups in total. The van der Waals surface area contributed by atoms with Crippen molar-refractivity contribution in [3.63, 3.8) is 0 Å². The molecule has 0 aromatic heterocycles. The second kappa shape index (κ2) is 8.20. The van der Waals surface area contributed by atoms with Gasteiger partial charge in [-0.25, -0.2) is 0 Å². The molecule has 0 radical (unpaired) electrons. The summed E-state index contributed by atoms with van der Waals surface area (Å²) < 4.78 is 5.77. The smallest absolute Gasteiger partial charge is 0.253 e. The van der Waals surface area contributed by atoms with Crippen LogP contribution in [-0.4, -0.2) is 30.5 Å². The lowest BCUT2D eigenvalue weighted by molar-refractivity contribution is 0.0680. The third-order valence-corrected chi connectivity index (χ3v) is 4.78. The number of piperidine rings is 1. The minimum Gasteiger partial charge on any atom is -0.494 e. The molecule has 2 aromatic carbocycles. The first-order valence-corrected chi connectivity index (χ1v) is 8.83. The van der Waals surface area contributed by atoms with Crippen molar-refractivity contribution in [2.24, 2.45) is 5.92 Å². The highest BCUT2D eigenvalue weighted by Gasteiger charge is 2.23. The van der Waals surface area contributed by atoms with E-state index in [9.17, 15) is 4.79 Å². The van der Waals surface area contributed by atoms with Crippen LogP contribution in [0.15, 0.2) is 54.6 Å². The zero-order chi connectivity index (χ0) is 16.8. The summed E-state index contributed by atoms with van der Waals surface area (Å²) in [7, 11) is 0. The van der Waals surface area contributed by atoms with Gasteiger partial charge in [0.2, 0.25) is 0 Å². The lowest BCUT2D eigenvalue weighted by atomic mass is 9.93. The number of rotatable bonds is 5. The van der Waals surface area contributed by atoms with Gasteiger partial charge in [0.05, 0.1) is 6.61 Å². The van der Waals surface area contributed by atoms with Crippen LogP contribution in [0.25, 0.3) is 0 Å². The second-order valence-electron chi connectivity index (χ2n) is 6.19. The first-order valence-electron chi connectivity index (χ1n) is 8.45. The Kier molecular flexibility index (Phi) is 5.76. The Morgan fingerprint density at radius 2 is 1.71 bits per heavy atom. The van der Waals surface area contributed by atoms with Crippen molar-refractivity contribution in [1.82, 2.24) is 4.90 Å². The SMILES string of the molecule is O=C(c1ccc(Cl)cc1)N1CCC(CCOc2ccccc2)CC1. The molecular weight excluding hydrogens is 322 g/mol. The van der Waals surface area contributed by atoms with Crippen molar-refractivity contribution in [3.8, 4) is 5.75 Å². The van der Waals surface area contributed by atoms with Gasteiger partial charge in [0, 0.05) is 23.7 Å². The van der Waals surface area contributed by atoms with Gasteiger partial charge in [0.15, 0.2) is 0 Å². The summed E-state index contributed by atoms with van der Waals surface area (Å²) in [4.78, 5) is 14.4. The predicted octanol–water partition coefficient (Wildman–Crippen LogP) is 4.66. The van der Waals surface area contributed by atoms with Crippen LogP contribution in [0.4, 0.5) is 0 Å². The Morgan fingerprint density at radius 3 is 2.38 bits per heavy atom. The van der Waals surface area contributed by atoms with Crippen LogP contribution in [0.5, 0.6) is 5.75 Å². The maximum Gasteiger partial charge on any atom is 0.253 e. The molecule has 0 saturated carbocycles. The van der Waals surface area contributed by atoms with E-state index in [4.69, 9.17) is 16.3 Å². The van der Waals surface area contributed by atoms with E-state index in [0.717, 1.165) is 44.7 Å². The summed E-state index contributed by atoms with van der Waals surface area (Å²) in [5, 5.41) is 0.656. The molecule has 0 atom stereocenters. The monoisotopic (exact) mass is 343 g/mol. The summed E-state index contributed by atoms with van der Waals surface area (Å²) in [6, 6.07) is 17.0. The molecule has 0 unspecified atom stereocenters. The van der Waals surface area contributed by atoms with E-state index < -0.39 is 0 Å². The quantitative estimate of drug-likeness (QED) is 0.790. The summed E-state index contributed by atoms with van der Waals surface area (Å²) in [6.07, 6.45) is 3.12. The zero-order valence-corrected chi connectivity index (χ0v) is 14.4. The number of hydrogen-bond acceptors (Lipinski definition) is 2. The number of nitrogens with zero attached hydrogens (tertiary/aromatic N) is 1. The lowest BCUT2D eigenvalue weighted by Gasteiger charge is -2.32. The minimum absolute atomic E-state index is 0.102. The molecule has 0 spiro atoms. The van der Waals surface area contributed by atoms with Crippen LogP contribution in [0.3, 0.4) is 0 Å². The average molecular weight is 344 g/mol. The Hall–Kier alpha value is -2.00. The van der Waals surface area contributed by atoms with Gasteiger partial charge in [-0.2, -0.15) is 0 Å². The summed E-state index contributed by atoms with van der Waals surface area (Å²) >= 11 is 5.88. The van der Waals surface area contributed by atoms with E-state index in [2.05, 4.69) is 0 Å². The number of amides is 1. The fourth-order valence-corrected chi connectivity index (χ4v) is 3.19. The number of ether oxygens (including phenoxy) is 1. The number of carbonyl (C=O) groups is 1. The number of carbonyl (C=O) groups excluding carboxylic acids is 1. The van der Waals surface area contributed by atoms with Crippen molar-refractivity contribution in [1.29, 1.82) is 0 Å². The molecular formula is C20H22ClNO2. The van der Waals surface area contributed by atoms with E-state index in [1.54, 1.807) is 24.3 Å². The Labute approximate surface area is 148 Å². The number of hydrogen-bond donors (Lipinski definition) is 0. The Bertz CT molecular complexity index is 649. The van der Waals surface area contributed by atoms with E-state index in [-0.39, 0.29) is 5.91 Å². The molecule has 3 nitrogen and oxygen atoms in total. The lowest BCUT2D eigenvalue weighted by Crippen LogP contribution is -2.38. The van der Waals surface area contributed by atoms with E-state index in [1.165, 1.54) is 0 Å². The van der Waals surface area contributed by atoms with Crippen molar-refractivity contribution in [2.45, 2.75) is 19.3 Å². The zero-order valence-electron chi connectivity index (χ0n) is 13.7. The molecule has 1 aliphatic heterocycles. The largest absolute Gasteiger partial charge is 0.494 e. The molecule has 3 rings (SSSR count). The molecule has 1 heterocycles. The standard InChI is InChI=1S/C20H22ClNO2/c21-18-8-6-17(7-9-18)20(23)22-13-10-16(11-14-22)12-15-24-19-4-2-1-3-5-19/h1-9,16H,10-15H2. The minimum atomic E-state index is 0.102. The molecule has 126 valence electrons. The van der Waals surface area contributed by atoms with Crippen molar-refractivity contribution in [3.05, 3.63) is 65.2 Å². The third-order valence-electron chi connectivity index (χ3n) is 4.53. The molecule has 24 heavy (non-hydrogen) atoms. The topological polar surface area (TPSA) is 29.5 Å². The fourth-order valence-electron chi connectivity index (χ4n) is 3.06. The number of likely N-dealkylation sites (tertiary alicyclic amines) is 1. The van der Waals surface area contributed by atoms with Crippen LogP contribution in [0.1, 0.15) is 29.6 Å². The van der Waals surface area contributed by atoms with Crippen molar-refractivity contribution in [2.75, 3.05) is 19.7 Å². The Balaban J connectivity index is 1.42. The van der Waals surface area contributed by atoms with Gasteiger partial charge < -0.3 is 9.64 Å². The number of halogens is 1.